The molecule has 0 unspecified atom stereocenters. The standard InChI is InChI=1S/C24H32ClN3O5S/c1-6-17(2)26-24(30)18(3)27(15-19-10-12-20(25)13-11-19)23(29)16-28(34(5,31)32)21-8-7-9-22(14-21)33-4/h7-14,17-18H,6,15-16H2,1-5H3,(H,26,30)/t17-,18+/m0/s1. The summed E-state index contributed by atoms with van der Waals surface area (Å²) in [6, 6.07) is 12.5. The van der Waals surface area contributed by atoms with E-state index in [0.29, 0.717) is 16.5 Å². The molecule has 0 saturated heterocycles. The first-order valence-electron chi connectivity index (χ1n) is 10.9. The summed E-state index contributed by atoms with van der Waals surface area (Å²) >= 11 is 5.98. The summed E-state index contributed by atoms with van der Waals surface area (Å²) in [6.45, 7) is 5.09. The van der Waals surface area contributed by atoms with Gasteiger partial charge in [0.05, 0.1) is 19.1 Å². The first-order chi connectivity index (χ1) is 16.0. The molecule has 1 N–H and O–H groups in total. The second kappa shape index (κ2) is 12.1. The van der Waals surface area contributed by atoms with Crippen LogP contribution in [0, 0.1) is 0 Å². The zero-order valence-electron chi connectivity index (χ0n) is 20.1. The van der Waals surface area contributed by atoms with Gasteiger partial charge in [-0.25, -0.2) is 8.42 Å². The summed E-state index contributed by atoms with van der Waals surface area (Å²) in [7, 11) is -2.33. The van der Waals surface area contributed by atoms with Crippen LogP contribution in [-0.4, -0.2) is 57.1 Å². The molecule has 10 heteroatoms. The van der Waals surface area contributed by atoms with Crippen molar-refractivity contribution < 1.29 is 22.7 Å². The minimum Gasteiger partial charge on any atom is -0.497 e. The molecular weight excluding hydrogens is 478 g/mol. The van der Waals surface area contributed by atoms with Gasteiger partial charge in [-0.3, -0.25) is 13.9 Å². The minimum absolute atomic E-state index is 0.0632. The molecule has 0 aromatic heterocycles. The van der Waals surface area contributed by atoms with Gasteiger partial charge in [-0.05, 0) is 50.1 Å². The van der Waals surface area contributed by atoms with Crippen molar-refractivity contribution in [3.63, 3.8) is 0 Å². The number of carbonyl (C=O) groups excluding carboxylic acids is 2. The van der Waals surface area contributed by atoms with Gasteiger partial charge in [0.2, 0.25) is 21.8 Å². The van der Waals surface area contributed by atoms with Gasteiger partial charge >= 0.3 is 0 Å². The van der Waals surface area contributed by atoms with Crippen LogP contribution in [0.3, 0.4) is 0 Å². The van der Waals surface area contributed by atoms with Crippen LogP contribution < -0.4 is 14.4 Å². The van der Waals surface area contributed by atoms with E-state index in [1.165, 1.54) is 18.1 Å². The maximum Gasteiger partial charge on any atom is 0.244 e. The SMILES string of the molecule is CC[C@H](C)NC(=O)[C@@H](C)N(Cc1ccc(Cl)cc1)C(=O)CN(c1cccc(OC)c1)S(C)(=O)=O. The molecule has 0 bridgehead atoms. The predicted octanol–water partition coefficient (Wildman–Crippen LogP) is 3.45. The van der Waals surface area contributed by atoms with Crippen molar-refractivity contribution in [2.45, 2.75) is 45.8 Å². The van der Waals surface area contributed by atoms with Gasteiger partial charge in [0, 0.05) is 23.7 Å². The largest absolute Gasteiger partial charge is 0.497 e. The second-order valence-electron chi connectivity index (χ2n) is 8.11. The number of benzene rings is 2. The lowest BCUT2D eigenvalue weighted by molar-refractivity contribution is -0.139. The van der Waals surface area contributed by atoms with Crippen molar-refractivity contribution >= 4 is 39.1 Å². The van der Waals surface area contributed by atoms with Crippen LogP contribution in [0.2, 0.25) is 5.02 Å². The third-order valence-corrected chi connectivity index (χ3v) is 6.85. The molecule has 0 radical (unpaired) electrons. The zero-order valence-corrected chi connectivity index (χ0v) is 21.7. The number of nitrogens with zero attached hydrogens (tertiary/aromatic N) is 2. The van der Waals surface area contributed by atoms with Crippen molar-refractivity contribution in [1.29, 1.82) is 0 Å². The molecule has 186 valence electrons. The maximum atomic E-state index is 13.5. The van der Waals surface area contributed by atoms with E-state index < -0.39 is 28.5 Å². The van der Waals surface area contributed by atoms with Gasteiger partial charge < -0.3 is 15.0 Å². The monoisotopic (exact) mass is 509 g/mol. The minimum atomic E-state index is -3.81. The maximum absolute atomic E-state index is 13.5. The third kappa shape index (κ3) is 7.63. The number of halogens is 1. The fraction of sp³-hybridized carbons (Fsp3) is 0.417. The average molecular weight is 510 g/mol. The number of ether oxygens (including phenoxy) is 1. The van der Waals surface area contributed by atoms with Crippen LogP contribution in [0.15, 0.2) is 48.5 Å². The molecule has 0 heterocycles. The van der Waals surface area contributed by atoms with Crippen LogP contribution in [0.5, 0.6) is 5.75 Å². The number of amides is 2. The van der Waals surface area contributed by atoms with E-state index in [1.54, 1.807) is 49.4 Å². The fourth-order valence-corrected chi connectivity index (χ4v) is 4.18. The number of hydrogen-bond acceptors (Lipinski definition) is 5. The van der Waals surface area contributed by atoms with Crippen molar-refractivity contribution in [2.75, 3.05) is 24.2 Å². The first-order valence-corrected chi connectivity index (χ1v) is 13.1. The van der Waals surface area contributed by atoms with E-state index in [4.69, 9.17) is 16.3 Å². The van der Waals surface area contributed by atoms with Crippen molar-refractivity contribution in [3.8, 4) is 5.75 Å². The number of anilines is 1. The highest BCUT2D eigenvalue weighted by molar-refractivity contribution is 7.92. The van der Waals surface area contributed by atoms with Gasteiger partial charge in [0.25, 0.3) is 0 Å². The first kappa shape index (κ1) is 27.5. The van der Waals surface area contributed by atoms with E-state index >= 15 is 0 Å². The molecular formula is C24H32ClN3O5S. The van der Waals surface area contributed by atoms with Crippen molar-refractivity contribution in [2.24, 2.45) is 0 Å². The predicted molar refractivity (Wildman–Crippen MR) is 135 cm³/mol. The normalized spacial score (nSPS) is 13.0. The number of hydrogen-bond donors (Lipinski definition) is 1. The van der Waals surface area contributed by atoms with Crippen LogP contribution in [-0.2, 0) is 26.2 Å². The molecule has 0 aliphatic heterocycles. The number of sulfonamides is 1. The number of methoxy groups -OCH3 is 1. The van der Waals surface area contributed by atoms with E-state index in [0.717, 1.165) is 22.5 Å². The smallest absolute Gasteiger partial charge is 0.244 e. The number of carbonyl (C=O) groups is 2. The van der Waals surface area contributed by atoms with E-state index in [1.807, 2.05) is 13.8 Å². The Morgan fingerprint density at radius 2 is 1.76 bits per heavy atom. The van der Waals surface area contributed by atoms with E-state index in [9.17, 15) is 18.0 Å². The number of nitrogens with one attached hydrogen (secondary N) is 1. The average Bonchev–Trinajstić information content (AvgIpc) is 2.80. The Labute approximate surface area is 206 Å². The summed E-state index contributed by atoms with van der Waals surface area (Å²) in [4.78, 5) is 27.7. The molecule has 2 rings (SSSR count). The van der Waals surface area contributed by atoms with Gasteiger partial charge in [0.1, 0.15) is 18.3 Å². The summed E-state index contributed by atoms with van der Waals surface area (Å²) in [6.07, 6.45) is 1.77. The molecule has 34 heavy (non-hydrogen) atoms. The molecule has 2 aromatic carbocycles. The molecule has 0 saturated carbocycles. The highest BCUT2D eigenvalue weighted by Crippen LogP contribution is 2.24. The van der Waals surface area contributed by atoms with Crippen LogP contribution in [0.1, 0.15) is 32.8 Å². The van der Waals surface area contributed by atoms with Crippen molar-refractivity contribution in [3.05, 3.63) is 59.1 Å². The van der Waals surface area contributed by atoms with Gasteiger partial charge in [-0.2, -0.15) is 0 Å². The summed E-state index contributed by atoms with van der Waals surface area (Å²) < 4.78 is 31.4. The number of rotatable bonds is 11. The fourth-order valence-electron chi connectivity index (χ4n) is 3.21. The highest BCUT2D eigenvalue weighted by atomic mass is 35.5. The Morgan fingerprint density at radius 3 is 2.32 bits per heavy atom. The lowest BCUT2D eigenvalue weighted by Gasteiger charge is -2.32. The molecule has 2 aromatic rings. The van der Waals surface area contributed by atoms with Crippen LogP contribution in [0.25, 0.3) is 0 Å². The lowest BCUT2D eigenvalue weighted by atomic mass is 10.1. The molecule has 0 spiro atoms. The Bertz CT molecular complexity index is 1090. The van der Waals surface area contributed by atoms with E-state index in [2.05, 4.69) is 5.32 Å². The van der Waals surface area contributed by atoms with Gasteiger partial charge in [-0.1, -0.05) is 36.7 Å². The molecule has 0 fully saturated rings. The van der Waals surface area contributed by atoms with Crippen LogP contribution in [0.4, 0.5) is 5.69 Å². The lowest BCUT2D eigenvalue weighted by Crippen LogP contribution is -2.52. The Balaban J connectivity index is 2.38. The van der Waals surface area contributed by atoms with Crippen molar-refractivity contribution in [1.82, 2.24) is 10.2 Å². The topological polar surface area (TPSA) is 96.0 Å². The summed E-state index contributed by atoms with van der Waals surface area (Å²) in [5.74, 6) is -0.378. The molecule has 8 nitrogen and oxygen atoms in total. The third-order valence-electron chi connectivity index (χ3n) is 5.46. The molecule has 0 aliphatic carbocycles. The second-order valence-corrected chi connectivity index (χ2v) is 10.5. The Kier molecular flexibility index (Phi) is 9.76. The Morgan fingerprint density at radius 1 is 1.12 bits per heavy atom. The van der Waals surface area contributed by atoms with E-state index in [-0.39, 0.29) is 18.5 Å². The highest BCUT2D eigenvalue weighted by Gasteiger charge is 2.30. The Hall–Kier alpha value is -2.78. The van der Waals surface area contributed by atoms with Gasteiger partial charge in [-0.15, -0.1) is 0 Å². The quantitative estimate of drug-likeness (QED) is 0.500. The summed E-state index contributed by atoms with van der Waals surface area (Å²) in [5, 5.41) is 3.43. The molecule has 2 atom stereocenters. The summed E-state index contributed by atoms with van der Waals surface area (Å²) in [5.41, 5.74) is 1.05. The van der Waals surface area contributed by atoms with Crippen LogP contribution >= 0.6 is 11.6 Å². The molecule has 0 aliphatic rings. The molecule has 2 amide bonds. The zero-order chi connectivity index (χ0) is 25.5. The van der Waals surface area contributed by atoms with Gasteiger partial charge in [0.15, 0.2) is 0 Å².